The average Bonchev–Trinajstić information content (AvgIpc) is 3.87. The summed E-state index contributed by atoms with van der Waals surface area (Å²) in [7, 11) is -3.40. The lowest BCUT2D eigenvalue weighted by atomic mass is 9.81. The molecule has 1 aliphatic carbocycles. The highest BCUT2D eigenvalue weighted by Crippen LogP contribution is 2.52. The average molecular weight is 757 g/mol. The number of rotatable bonds is 3. The Kier molecular flexibility index (Phi) is 6.49. The Bertz CT molecular complexity index is 3390. The van der Waals surface area contributed by atoms with Crippen LogP contribution in [0.15, 0.2) is 164 Å². The second-order valence-electron chi connectivity index (χ2n) is 15.6. The third kappa shape index (κ3) is 4.32. The molecule has 260 valence electrons. The van der Waals surface area contributed by atoms with Crippen LogP contribution in [0.2, 0.25) is 0 Å². The summed E-state index contributed by atoms with van der Waals surface area (Å²) < 4.78 is 21.6. The zero-order valence-corrected chi connectivity index (χ0v) is 32.8. The Labute approximate surface area is 326 Å². The van der Waals surface area contributed by atoms with Crippen molar-refractivity contribution in [3.63, 3.8) is 0 Å². The van der Waals surface area contributed by atoms with Crippen molar-refractivity contribution < 1.29 is 4.57 Å². The van der Waals surface area contributed by atoms with Crippen molar-refractivity contribution in [1.29, 1.82) is 0 Å². The smallest absolute Gasteiger partial charge is 0.171 e. The topological polar surface area (TPSA) is 17.1 Å². The molecule has 11 aromatic rings. The highest BCUT2D eigenvalue weighted by Gasteiger charge is 2.36. The Morgan fingerprint density at radius 1 is 0.364 bits per heavy atom. The Morgan fingerprint density at radius 3 is 1.42 bits per heavy atom. The van der Waals surface area contributed by atoms with E-state index in [0.29, 0.717) is 0 Å². The highest BCUT2D eigenvalue weighted by atomic mass is 32.1. The van der Waals surface area contributed by atoms with E-state index in [2.05, 4.69) is 178 Å². The molecule has 0 bridgehead atoms. The molecular weight excluding hydrogens is 724 g/mol. The Morgan fingerprint density at radius 2 is 0.800 bits per heavy atom. The van der Waals surface area contributed by atoms with E-state index in [-0.39, 0.29) is 5.41 Å². The van der Waals surface area contributed by atoms with Crippen molar-refractivity contribution in [2.45, 2.75) is 19.3 Å². The zero-order valence-electron chi connectivity index (χ0n) is 30.3. The van der Waals surface area contributed by atoms with Gasteiger partial charge in [0.25, 0.3) is 0 Å². The molecule has 0 aliphatic heterocycles. The monoisotopic (exact) mass is 756 g/mol. The third-order valence-electron chi connectivity index (χ3n) is 12.3. The lowest BCUT2D eigenvalue weighted by Crippen LogP contribution is -2.25. The summed E-state index contributed by atoms with van der Waals surface area (Å²) in [5.41, 5.74) is 5.29. The standard InChI is InChI=1S/C51H33OPS2/c1-51(2)45-16-8-5-13-36(45)42-28-40-34-12-4-3-11-33(34)39-25-30(19-22-35(39)41(40)29-46(42)51)53(52,31-20-23-49-43(26-31)37-14-6-9-17-47(37)54-49)32-21-24-50-44(27-32)38-15-7-10-18-48(38)55-50/h3-29H,1-2H3. The van der Waals surface area contributed by atoms with E-state index < -0.39 is 7.14 Å². The van der Waals surface area contributed by atoms with E-state index in [1.54, 1.807) is 22.7 Å². The first-order valence-corrected chi connectivity index (χ1v) is 22.2. The van der Waals surface area contributed by atoms with Crippen LogP contribution in [0.3, 0.4) is 0 Å². The first-order valence-electron chi connectivity index (χ1n) is 18.8. The van der Waals surface area contributed by atoms with Gasteiger partial charge in [0.05, 0.1) is 0 Å². The quantitative estimate of drug-likeness (QED) is 0.130. The van der Waals surface area contributed by atoms with Gasteiger partial charge in [-0.1, -0.05) is 111 Å². The summed E-state index contributed by atoms with van der Waals surface area (Å²) in [6.07, 6.45) is 0. The van der Waals surface area contributed by atoms with Gasteiger partial charge in [-0.3, -0.25) is 0 Å². The summed E-state index contributed by atoms with van der Waals surface area (Å²) >= 11 is 3.59. The number of thiophene rings is 2. The van der Waals surface area contributed by atoms with Crippen molar-refractivity contribution in [3.05, 3.63) is 175 Å². The molecular formula is C51H33OPS2. The molecule has 0 unspecified atom stereocenters. The van der Waals surface area contributed by atoms with Crippen LogP contribution in [0, 0.1) is 0 Å². The van der Waals surface area contributed by atoms with E-state index >= 15 is 4.57 Å². The van der Waals surface area contributed by atoms with E-state index in [1.165, 1.54) is 78.8 Å². The molecule has 0 atom stereocenters. The van der Waals surface area contributed by atoms with Crippen LogP contribution in [0.1, 0.15) is 25.0 Å². The SMILES string of the molecule is CC1(C)c2ccccc2-c2cc3c4ccccc4c4cc(P(=O)(c5ccc6sc7ccccc7c6c5)c5ccc6sc7ccccc7c6c5)ccc4c3cc21. The molecule has 0 saturated carbocycles. The number of fused-ring (bicyclic) bond motifs is 15. The van der Waals surface area contributed by atoms with Crippen molar-refractivity contribution in [3.8, 4) is 11.1 Å². The molecule has 0 spiro atoms. The van der Waals surface area contributed by atoms with Crippen LogP contribution < -0.4 is 15.9 Å². The third-order valence-corrected chi connectivity index (χ3v) is 17.7. The van der Waals surface area contributed by atoms with Crippen LogP contribution in [0.25, 0.3) is 83.8 Å². The molecule has 9 aromatic carbocycles. The normalized spacial score (nSPS) is 13.9. The molecule has 2 aromatic heterocycles. The molecule has 1 aliphatic rings. The van der Waals surface area contributed by atoms with Crippen LogP contribution in [0.4, 0.5) is 0 Å². The lowest BCUT2D eigenvalue weighted by molar-refractivity contribution is 0.592. The summed E-state index contributed by atoms with van der Waals surface area (Å²) in [4.78, 5) is 0. The van der Waals surface area contributed by atoms with Gasteiger partial charge in [0.15, 0.2) is 7.14 Å². The van der Waals surface area contributed by atoms with Gasteiger partial charge in [-0.15, -0.1) is 22.7 Å². The second-order valence-corrected chi connectivity index (χ2v) is 20.5. The lowest BCUT2D eigenvalue weighted by Gasteiger charge is -2.23. The van der Waals surface area contributed by atoms with Crippen molar-refractivity contribution >= 4 is 118 Å². The molecule has 12 rings (SSSR count). The Balaban J connectivity index is 1.16. The molecule has 0 saturated heterocycles. The maximum absolute atomic E-state index is 16.6. The maximum atomic E-state index is 16.6. The van der Waals surface area contributed by atoms with Crippen molar-refractivity contribution in [1.82, 2.24) is 0 Å². The minimum atomic E-state index is -3.40. The van der Waals surface area contributed by atoms with Crippen LogP contribution >= 0.6 is 29.8 Å². The van der Waals surface area contributed by atoms with E-state index in [0.717, 1.165) is 32.1 Å². The molecule has 1 nitrogen and oxygen atoms in total. The zero-order chi connectivity index (χ0) is 36.6. The summed E-state index contributed by atoms with van der Waals surface area (Å²) in [5.74, 6) is 0. The fourth-order valence-electron chi connectivity index (χ4n) is 9.60. The predicted molar refractivity (Wildman–Crippen MR) is 242 cm³/mol. The largest absolute Gasteiger partial charge is 0.309 e. The van der Waals surface area contributed by atoms with Gasteiger partial charge in [-0.2, -0.15) is 0 Å². The highest BCUT2D eigenvalue weighted by molar-refractivity contribution is 7.85. The van der Waals surface area contributed by atoms with Crippen LogP contribution in [-0.2, 0) is 9.98 Å². The van der Waals surface area contributed by atoms with E-state index in [4.69, 9.17) is 0 Å². The van der Waals surface area contributed by atoms with Gasteiger partial charge in [-0.25, -0.2) is 0 Å². The second kappa shape index (κ2) is 11.2. The van der Waals surface area contributed by atoms with Gasteiger partial charge in [0.1, 0.15) is 0 Å². The van der Waals surface area contributed by atoms with Crippen molar-refractivity contribution in [2.24, 2.45) is 0 Å². The van der Waals surface area contributed by atoms with Gasteiger partial charge in [0.2, 0.25) is 0 Å². The van der Waals surface area contributed by atoms with E-state index in [1.807, 2.05) is 0 Å². The van der Waals surface area contributed by atoms with Gasteiger partial charge in [-0.05, 0) is 121 Å². The van der Waals surface area contributed by atoms with Crippen LogP contribution in [-0.4, -0.2) is 0 Å². The molecule has 0 N–H and O–H groups in total. The molecule has 55 heavy (non-hydrogen) atoms. The Hall–Kier alpha value is -5.57. The predicted octanol–water partition coefficient (Wildman–Crippen LogP) is 13.8. The number of hydrogen-bond acceptors (Lipinski definition) is 3. The fraction of sp³-hybridized carbons (Fsp3) is 0.0588. The summed E-state index contributed by atoms with van der Waals surface area (Å²) in [5, 5.41) is 14.6. The minimum absolute atomic E-state index is 0.108. The van der Waals surface area contributed by atoms with Crippen LogP contribution in [0.5, 0.6) is 0 Å². The summed E-state index contributed by atoms with van der Waals surface area (Å²) in [6, 6.07) is 59.4. The maximum Gasteiger partial charge on any atom is 0.171 e. The first kappa shape index (κ1) is 31.7. The summed E-state index contributed by atoms with van der Waals surface area (Å²) in [6.45, 7) is 4.70. The number of benzene rings is 9. The van der Waals surface area contributed by atoms with E-state index in [9.17, 15) is 0 Å². The van der Waals surface area contributed by atoms with Gasteiger partial charge >= 0.3 is 0 Å². The first-order chi connectivity index (χ1) is 26.9. The minimum Gasteiger partial charge on any atom is -0.309 e. The molecule has 0 radical (unpaired) electrons. The molecule has 0 amide bonds. The fourth-order valence-corrected chi connectivity index (χ4v) is 14.5. The van der Waals surface area contributed by atoms with Gasteiger partial charge < -0.3 is 4.57 Å². The molecule has 0 fully saturated rings. The van der Waals surface area contributed by atoms with Crippen molar-refractivity contribution in [2.75, 3.05) is 0 Å². The van der Waals surface area contributed by atoms with Gasteiger partial charge in [0, 0.05) is 61.7 Å². The molecule has 4 heteroatoms. The molecule has 2 heterocycles. The number of hydrogen-bond donors (Lipinski definition) is 0.